The van der Waals surface area contributed by atoms with Crippen molar-refractivity contribution in [3.8, 4) is 11.3 Å². The van der Waals surface area contributed by atoms with Gasteiger partial charge in [0.1, 0.15) is 0 Å². The minimum absolute atomic E-state index is 0.635. The summed E-state index contributed by atoms with van der Waals surface area (Å²) in [5.74, 6) is 2.21. The van der Waals surface area contributed by atoms with Crippen molar-refractivity contribution >= 4 is 0 Å². The molecular weight excluding hydrogens is 224 g/mol. The second kappa shape index (κ2) is 5.83. The lowest BCUT2D eigenvalue weighted by atomic mass is 10.1. The molecule has 18 heavy (non-hydrogen) atoms. The summed E-state index contributed by atoms with van der Waals surface area (Å²) in [7, 11) is 0. The highest BCUT2D eigenvalue weighted by atomic mass is 16.4. The SMILES string of the molecule is Cc1cccc(-c2cnc(CNCC(C)C)o2)c1. The van der Waals surface area contributed by atoms with Crippen molar-refractivity contribution < 1.29 is 4.42 Å². The summed E-state index contributed by atoms with van der Waals surface area (Å²) in [5, 5.41) is 3.32. The van der Waals surface area contributed by atoms with Gasteiger partial charge in [-0.15, -0.1) is 0 Å². The molecule has 0 bridgehead atoms. The van der Waals surface area contributed by atoms with Crippen LogP contribution in [0.4, 0.5) is 0 Å². The van der Waals surface area contributed by atoms with Crippen molar-refractivity contribution in [2.75, 3.05) is 6.54 Å². The number of aromatic nitrogens is 1. The van der Waals surface area contributed by atoms with Crippen molar-refractivity contribution in [1.82, 2.24) is 10.3 Å². The smallest absolute Gasteiger partial charge is 0.208 e. The average molecular weight is 244 g/mol. The van der Waals surface area contributed by atoms with E-state index in [0.717, 1.165) is 23.8 Å². The maximum Gasteiger partial charge on any atom is 0.208 e. The Labute approximate surface area is 108 Å². The Kier molecular flexibility index (Phi) is 4.15. The van der Waals surface area contributed by atoms with Crippen LogP contribution in [0.2, 0.25) is 0 Å². The van der Waals surface area contributed by atoms with E-state index in [1.54, 1.807) is 6.20 Å². The molecule has 96 valence electrons. The van der Waals surface area contributed by atoms with Crippen LogP contribution in [0.3, 0.4) is 0 Å². The lowest BCUT2D eigenvalue weighted by molar-refractivity contribution is 0.459. The predicted molar refractivity (Wildman–Crippen MR) is 73.2 cm³/mol. The first kappa shape index (κ1) is 12.8. The fourth-order valence-corrected chi connectivity index (χ4v) is 1.79. The molecule has 0 saturated heterocycles. The number of hydrogen-bond donors (Lipinski definition) is 1. The minimum atomic E-state index is 0.635. The maximum absolute atomic E-state index is 5.73. The van der Waals surface area contributed by atoms with Gasteiger partial charge < -0.3 is 9.73 Å². The first-order chi connectivity index (χ1) is 8.65. The Morgan fingerprint density at radius 1 is 1.33 bits per heavy atom. The minimum Gasteiger partial charge on any atom is -0.439 e. The summed E-state index contributed by atoms with van der Waals surface area (Å²) < 4.78 is 5.73. The highest BCUT2D eigenvalue weighted by Crippen LogP contribution is 2.21. The van der Waals surface area contributed by atoms with Crippen molar-refractivity contribution in [2.45, 2.75) is 27.3 Å². The van der Waals surface area contributed by atoms with Gasteiger partial charge in [0.15, 0.2) is 5.76 Å². The van der Waals surface area contributed by atoms with E-state index in [-0.39, 0.29) is 0 Å². The molecule has 0 spiro atoms. The molecule has 2 aromatic rings. The molecule has 1 aromatic heterocycles. The van der Waals surface area contributed by atoms with Gasteiger partial charge in [-0.25, -0.2) is 4.98 Å². The summed E-state index contributed by atoms with van der Waals surface area (Å²) in [4.78, 5) is 4.29. The molecule has 0 atom stereocenters. The summed E-state index contributed by atoms with van der Waals surface area (Å²) in [6, 6.07) is 8.25. The highest BCUT2D eigenvalue weighted by molar-refractivity contribution is 5.57. The van der Waals surface area contributed by atoms with E-state index in [9.17, 15) is 0 Å². The molecule has 0 aliphatic carbocycles. The second-order valence-corrected chi connectivity index (χ2v) is 5.01. The summed E-state index contributed by atoms with van der Waals surface area (Å²) >= 11 is 0. The zero-order chi connectivity index (χ0) is 13.0. The van der Waals surface area contributed by atoms with Crippen molar-refractivity contribution in [3.63, 3.8) is 0 Å². The Hall–Kier alpha value is -1.61. The van der Waals surface area contributed by atoms with Crippen molar-refractivity contribution in [2.24, 2.45) is 5.92 Å². The molecule has 0 aliphatic heterocycles. The lowest BCUT2D eigenvalue weighted by Crippen LogP contribution is -2.18. The lowest BCUT2D eigenvalue weighted by Gasteiger charge is -2.04. The van der Waals surface area contributed by atoms with Crippen LogP contribution in [0.25, 0.3) is 11.3 Å². The Morgan fingerprint density at radius 3 is 2.89 bits per heavy atom. The summed E-state index contributed by atoms with van der Waals surface area (Å²) in [6.07, 6.45) is 1.79. The van der Waals surface area contributed by atoms with Crippen LogP contribution < -0.4 is 5.32 Å². The van der Waals surface area contributed by atoms with Gasteiger partial charge in [-0.1, -0.05) is 37.6 Å². The van der Waals surface area contributed by atoms with E-state index in [1.165, 1.54) is 5.56 Å². The van der Waals surface area contributed by atoms with Crippen LogP contribution in [0.1, 0.15) is 25.3 Å². The fourth-order valence-electron chi connectivity index (χ4n) is 1.79. The monoisotopic (exact) mass is 244 g/mol. The van der Waals surface area contributed by atoms with Crippen LogP contribution in [0.15, 0.2) is 34.9 Å². The van der Waals surface area contributed by atoms with Gasteiger partial charge in [0.05, 0.1) is 12.7 Å². The van der Waals surface area contributed by atoms with Crippen LogP contribution >= 0.6 is 0 Å². The number of rotatable bonds is 5. The maximum atomic E-state index is 5.73. The Balaban J connectivity index is 2.02. The topological polar surface area (TPSA) is 38.1 Å². The molecule has 3 heteroatoms. The molecule has 0 unspecified atom stereocenters. The molecule has 1 heterocycles. The van der Waals surface area contributed by atoms with Gasteiger partial charge in [-0.05, 0) is 25.5 Å². The van der Waals surface area contributed by atoms with Crippen LogP contribution in [-0.4, -0.2) is 11.5 Å². The number of nitrogens with one attached hydrogen (secondary N) is 1. The third kappa shape index (κ3) is 3.44. The third-order valence-corrected chi connectivity index (χ3v) is 2.68. The van der Waals surface area contributed by atoms with E-state index < -0.39 is 0 Å². The quantitative estimate of drug-likeness (QED) is 0.876. The van der Waals surface area contributed by atoms with Crippen molar-refractivity contribution in [3.05, 3.63) is 41.9 Å². The second-order valence-electron chi connectivity index (χ2n) is 5.01. The average Bonchev–Trinajstić information content (AvgIpc) is 2.77. The molecule has 1 aromatic carbocycles. The Morgan fingerprint density at radius 2 is 2.17 bits per heavy atom. The molecule has 3 nitrogen and oxygen atoms in total. The number of oxazole rings is 1. The molecule has 0 saturated carbocycles. The van der Waals surface area contributed by atoms with Gasteiger partial charge in [-0.2, -0.15) is 0 Å². The van der Waals surface area contributed by atoms with Gasteiger partial charge in [0.2, 0.25) is 5.89 Å². The molecule has 0 aliphatic rings. The van der Waals surface area contributed by atoms with Gasteiger partial charge in [-0.3, -0.25) is 0 Å². The van der Waals surface area contributed by atoms with Gasteiger partial charge in [0.25, 0.3) is 0 Å². The normalized spacial score (nSPS) is 11.1. The first-order valence-corrected chi connectivity index (χ1v) is 6.37. The van der Waals surface area contributed by atoms with Crippen molar-refractivity contribution in [1.29, 1.82) is 0 Å². The third-order valence-electron chi connectivity index (χ3n) is 2.68. The first-order valence-electron chi connectivity index (χ1n) is 6.37. The molecule has 0 radical (unpaired) electrons. The van der Waals surface area contributed by atoms with E-state index in [0.29, 0.717) is 12.5 Å². The molecule has 0 amide bonds. The largest absolute Gasteiger partial charge is 0.439 e. The molecule has 0 fully saturated rings. The number of hydrogen-bond acceptors (Lipinski definition) is 3. The summed E-state index contributed by atoms with van der Waals surface area (Å²) in [5.41, 5.74) is 2.31. The van der Waals surface area contributed by atoms with Crippen LogP contribution in [0.5, 0.6) is 0 Å². The predicted octanol–water partition coefficient (Wildman–Crippen LogP) is 3.40. The van der Waals surface area contributed by atoms with Crippen LogP contribution in [0, 0.1) is 12.8 Å². The van der Waals surface area contributed by atoms with E-state index in [4.69, 9.17) is 4.42 Å². The van der Waals surface area contributed by atoms with E-state index in [2.05, 4.69) is 43.2 Å². The zero-order valence-corrected chi connectivity index (χ0v) is 11.2. The van der Waals surface area contributed by atoms with Gasteiger partial charge in [0, 0.05) is 5.56 Å². The number of nitrogens with zero attached hydrogens (tertiary/aromatic N) is 1. The van der Waals surface area contributed by atoms with E-state index >= 15 is 0 Å². The number of benzene rings is 1. The van der Waals surface area contributed by atoms with Crippen LogP contribution in [-0.2, 0) is 6.54 Å². The standard InChI is InChI=1S/C15H20N2O/c1-11(2)8-16-10-15-17-9-14(18-15)13-6-4-5-12(3)7-13/h4-7,9,11,16H,8,10H2,1-3H3. The zero-order valence-electron chi connectivity index (χ0n) is 11.2. The fraction of sp³-hybridized carbons (Fsp3) is 0.400. The highest BCUT2D eigenvalue weighted by Gasteiger charge is 2.06. The number of aryl methyl sites for hydroxylation is 1. The Bertz CT molecular complexity index is 503. The molecule has 2 rings (SSSR count). The van der Waals surface area contributed by atoms with E-state index in [1.807, 2.05) is 12.1 Å². The molecular formula is C15H20N2O. The van der Waals surface area contributed by atoms with Gasteiger partial charge >= 0.3 is 0 Å². The summed E-state index contributed by atoms with van der Waals surface area (Å²) in [6.45, 7) is 8.10. The molecule has 1 N–H and O–H groups in total.